The van der Waals surface area contributed by atoms with Gasteiger partial charge in [0.15, 0.2) is 0 Å². The zero-order valence-corrected chi connectivity index (χ0v) is 13.3. The van der Waals surface area contributed by atoms with E-state index >= 15 is 0 Å². The summed E-state index contributed by atoms with van der Waals surface area (Å²) in [6.07, 6.45) is 4.48. The van der Waals surface area contributed by atoms with Crippen LogP contribution in [-0.2, 0) is 0 Å². The van der Waals surface area contributed by atoms with E-state index in [0.29, 0.717) is 0 Å². The number of likely N-dealkylation sites (tertiary alicyclic amines) is 1. The van der Waals surface area contributed by atoms with Gasteiger partial charge in [0.2, 0.25) is 0 Å². The zero-order chi connectivity index (χ0) is 14.8. The molecule has 0 bridgehead atoms. The number of halogens is 1. The maximum Gasteiger partial charge on any atom is 0.123 e. The molecule has 2 heterocycles. The van der Waals surface area contributed by atoms with Gasteiger partial charge in [0.05, 0.1) is 0 Å². The van der Waals surface area contributed by atoms with Crippen molar-refractivity contribution in [2.24, 2.45) is 0 Å². The molecular weight excluding hydrogens is 281 g/mol. The number of rotatable bonds is 2. The lowest BCUT2D eigenvalue weighted by atomic mass is 9.98. The molecular formula is C18H20FNS. The second-order valence-electron chi connectivity index (χ2n) is 5.83. The Balaban J connectivity index is 1.97. The standard InChI is InChI=1S/C18H20FNS/c1-13-9-18(21-12-13)17-11-16(19)4-3-15(17)10-14-5-7-20(2)8-6-14/h3-4,9-12H,5-8H2,1-2H3. The molecule has 3 rings (SSSR count). The minimum atomic E-state index is -0.165. The number of thiophene rings is 1. The quantitative estimate of drug-likeness (QED) is 0.757. The van der Waals surface area contributed by atoms with Gasteiger partial charge in [0.25, 0.3) is 0 Å². The summed E-state index contributed by atoms with van der Waals surface area (Å²) < 4.78 is 13.6. The largest absolute Gasteiger partial charge is 0.306 e. The second-order valence-corrected chi connectivity index (χ2v) is 6.74. The highest BCUT2D eigenvalue weighted by Gasteiger charge is 2.12. The van der Waals surface area contributed by atoms with Crippen LogP contribution in [0.25, 0.3) is 16.5 Å². The number of piperidine rings is 1. The Labute approximate surface area is 129 Å². The van der Waals surface area contributed by atoms with Crippen LogP contribution < -0.4 is 0 Å². The molecule has 2 aromatic rings. The Morgan fingerprint density at radius 2 is 1.95 bits per heavy atom. The zero-order valence-electron chi connectivity index (χ0n) is 12.5. The van der Waals surface area contributed by atoms with Gasteiger partial charge in [-0.1, -0.05) is 17.7 Å². The van der Waals surface area contributed by atoms with Crippen molar-refractivity contribution < 1.29 is 4.39 Å². The van der Waals surface area contributed by atoms with Crippen molar-refractivity contribution in [3.63, 3.8) is 0 Å². The third-order valence-electron chi connectivity index (χ3n) is 4.00. The SMILES string of the molecule is Cc1csc(-c2cc(F)ccc2C=C2CCN(C)CC2)c1. The summed E-state index contributed by atoms with van der Waals surface area (Å²) in [5.74, 6) is -0.165. The van der Waals surface area contributed by atoms with E-state index in [1.54, 1.807) is 23.5 Å². The predicted octanol–water partition coefficient (Wildman–Crippen LogP) is 4.97. The van der Waals surface area contributed by atoms with E-state index < -0.39 is 0 Å². The highest BCUT2D eigenvalue weighted by molar-refractivity contribution is 7.13. The van der Waals surface area contributed by atoms with Crippen LogP contribution in [-0.4, -0.2) is 25.0 Å². The number of hydrogen-bond acceptors (Lipinski definition) is 2. The third kappa shape index (κ3) is 3.42. The summed E-state index contributed by atoms with van der Waals surface area (Å²) in [6, 6.07) is 7.26. The van der Waals surface area contributed by atoms with Crippen molar-refractivity contribution in [2.75, 3.05) is 20.1 Å². The van der Waals surface area contributed by atoms with Gasteiger partial charge in [-0.15, -0.1) is 11.3 Å². The van der Waals surface area contributed by atoms with Crippen molar-refractivity contribution in [1.82, 2.24) is 4.90 Å². The van der Waals surface area contributed by atoms with Gasteiger partial charge >= 0.3 is 0 Å². The Kier molecular flexibility index (Phi) is 4.22. The van der Waals surface area contributed by atoms with E-state index in [9.17, 15) is 4.39 Å². The van der Waals surface area contributed by atoms with E-state index in [4.69, 9.17) is 0 Å². The maximum absolute atomic E-state index is 13.6. The monoisotopic (exact) mass is 301 g/mol. The Morgan fingerprint density at radius 3 is 2.62 bits per heavy atom. The first-order valence-electron chi connectivity index (χ1n) is 7.35. The minimum Gasteiger partial charge on any atom is -0.306 e. The molecule has 21 heavy (non-hydrogen) atoms. The molecule has 1 nitrogen and oxygen atoms in total. The van der Waals surface area contributed by atoms with Crippen LogP contribution in [0.3, 0.4) is 0 Å². The van der Waals surface area contributed by atoms with Crippen LogP contribution in [0.2, 0.25) is 0 Å². The van der Waals surface area contributed by atoms with E-state index in [1.165, 1.54) is 11.1 Å². The van der Waals surface area contributed by atoms with Gasteiger partial charge in [-0.25, -0.2) is 4.39 Å². The van der Waals surface area contributed by atoms with Crippen LogP contribution in [0, 0.1) is 12.7 Å². The highest BCUT2D eigenvalue weighted by atomic mass is 32.1. The lowest BCUT2D eigenvalue weighted by molar-refractivity contribution is 0.313. The minimum absolute atomic E-state index is 0.165. The van der Waals surface area contributed by atoms with E-state index in [1.807, 2.05) is 6.07 Å². The lowest BCUT2D eigenvalue weighted by Crippen LogP contribution is -2.26. The van der Waals surface area contributed by atoms with Crippen LogP contribution >= 0.6 is 11.3 Å². The van der Waals surface area contributed by atoms with Gasteiger partial charge in [0.1, 0.15) is 5.82 Å². The summed E-state index contributed by atoms with van der Waals surface area (Å²) >= 11 is 1.68. The summed E-state index contributed by atoms with van der Waals surface area (Å²) in [5.41, 5.74) is 4.85. The van der Waals surface area contributed by atoms with Gasteiger partial charge < -0.3 is 4.90 Å². The molecule has 0 radical (unpaired) electrons. The Morgan fingerprint density at radius 1 is 1.19 bits per heavy atom. The molecule has 1 saturated heterocycles. The number of hydrogen-bond donors (Lipinski definition) is 0. The lowest BCUT2D eigenvalue weighted by Gasteiger charge is -2.24. The smallest absolute Gasteiger partial charge is 0.123 e. The summed E-state index contributed by atoms with van der Waals surface area (Å²) in [4.78, 5) is 3.50. The summed E-state index contributed by atoms with van der Waals surface area (Å²) in [5, 5.41) is 2.12. The maximum atomic E-state index is 13.6. The van der Waals surface area contributed by atoms with Crippen molar-refractivity contribution >= 4 is 17.4 Å². The van der Waals surface area contributed by atoms with Crippen LogP contribution in [0.5, 0.6) is 0 Å². The molecule has 1 aromatic carbocycles. The summed E-state index contributed by atoms with van der Waals surface area (Å²) in [6.45, 7) is 4.30. The molecule has 1 fully saturated rings. The van der Waals surface area contributed by atoms with E-state index in [2.05, 4.69) is 36.4 Å². The number of aryl methyl sites for hydroxylation is 1. The topological polar surface area (TPSA) is 3.24 Å². The van der Waals surface area contributed by atoms with Crippen molar-refractivity contribution in [3.05, 3.63) is 52.2 Å². The predicted molar refractivity (Wildman–Crippen MR) is 89.2 cm³/mol. The van der Waals surface area contributed by atoms with Crippen LogP contribution in [0.15, 0.2) is 35.2 Å². The van der Waals surface area contributed by atoms with Gasteiger partial charge in [-0.05, 0) is 61.5 Å². The van der Waals surface area contributed by atoms with Gasteiger partial charge in [0, 0.05) is 23.5 Å². The second kappa shape index (κ2) is 6.12. The number of benzene rings is 1. The first-order chi connectivity index (χ1) is 10.1. The van der Waals surface area contributed by atoms with Gasteiger partial charge in [-0.2, -0.15) is 0 Å². The molecule has 0 aliphatic carbocycles. The molecule has 0 amide bonds. The molecule has 0 saturated carbocycles. The third-order valence-corrected chi connectivity index (χ3v) is 5.08. The summed E-state index contributed by atoms with van der Waals surface area (Å²) in [7, 11) is 2.16. The van der Waals surface area contributed by atoms with Gasteiger partial charge in [-0.3, -0.25) is 0 Å². The first kappa shape index (κ1) is 14.5. The normalized spacial score (nSPS) is 16.2. The van der Waals surface area contributed by atoms with Crippen molar-refractivity contribution in [3.8, 4) is 10.4 Å². The molecule has 0 unspecified atom stereocenters. The fourth-order valence-electron chi connectivity index (χ4n) is 2.71. The average molecular weight is 301 g/mol. The van der Waals surface area contributed by atoms with Crippen molar-refractivity contribution in [2.45, 2.75) is 19.8 Å². The Hall–Kier alpha value is -1.45. The molecule has 1 aromatic heterocycles. The number of nitrogens with zero attached hydrogens (tertiary/aromatic N) is 1. The van der Waals surface area contributed by atoms with E-state index in [0.717, 1.165) is 41.9 Å². The first-order valence-corrected chi connectivity index (χ1v) is 8.23. The molecule has 1 aliphatic rings. The fraction of sp³-hybridized carbons (Fsp3) is 0.333. The van der Waals surface area contributed by atoms with E-state index in [-0.39, 0.29) is 5.82 Å². The average Bonchev–Trinajstić information content (AvgIpc) is 2.90. The fourth-order valence-corrected chi connectivity index (χ4v) is 3.65. The van der Waals surface area contributed by atoms with Crippen LogP contribution in [0.4, 0.5) is 4.39 Å². The van der Waals surface area contributed by atoms with Crippen LogP contribution in [0.1, 0.15) is 24.0 Å². The Bertz CT molecular complexity index is 662. The molecule has 110 valence electrons. The highest BCUT2D eigenvalue weighted by Crippen LogP contribution is 2.32. The molecule has 0 N–H and O–H groups in total. The van der Waals surface area contributed by atoms with Crippen molar-refractivity contribution in [1.29, 1.82) is 0 Å². The molecule has 3 heteroatoms. The molecule has 1 aliphatic heterocycles. The molecule has 0 atom stereocenters. The molecule has 0 spiro atoms.